The van der Waals surface area contributed by atoms with E-state index in [0.29, 0.717) is 0 Å². The molecule has 0 aromatic rings. The van der Waals surface area contributed by atoms with Crippen LogP contribution in [-0.4, -0.2) is 14.9 Å². The number of hydrogen-bond acceptors (Lipinski definition) is 1. The summed E-state index contributed by atoms with van der Waals surface area (Å²) in [5, 5.41) is 0. The van der Waals surface area contributed by atoms with Gasteiger partial charge in [0.15, 0.2) is 8.32 Å². The van der Waals surface area contributed by atoms with Gasteiger partial charge in [0.05, 0.1) is 0 Å². The molecule has 0 bridgehead atoms. The van der Waals surface area contributed by atoms with Crippen molar-refractivity contribution in [2.45, 2.75) is 123 Å². The lowest BCUT2D eigenvalue weighted by atomic mass is 10.0. The summed E-state index contributed by atoms with van der Waals surface area (Å²) < 4.78 is 6.13. The first-order valence-corrected chi connectivity index (χ1v) is 13.1. The lowest BCUT2D eigenvalue weighted by molar-refractivity contribution is 0.289. The van der Waals surface area contributed by atoms with E-state index in [1.165, 1.54) is 83.5 Å². The monoisotopic (exact) mass is 328 g/mol. The molecule has 0 amide bonds. The molecule has 1 nitrogen and oxygen atoms in total. The van der Waals surface area contributed by atoms with Gasteiger partial charge in [0.1, 0.15) is 0 Å². The van der Waals surface area contributed by atoms with E-state index in [0.717, 1.165) is 12.1 Å². The highest BCUT2D eigenvalue weighted by Crippen LogP contribution is 2.21. The molecule has 22 heavy (non-hydrogen) atoms. The zero-order valence-electron chi connectivity index (χ0n) is 16.4. The van der Waals surface area contributed by atoms with Crippen molar-refractivity contribution in [2.24, 2.45) is 0 Å². The first-order chi connectivity index (χ1) is 10.5. The fraction of sp³-hybridized carbons (Fsp3) is 1.00. The zero-order chi connectivity index (χ0) is 16.7. The molecule has 0 spiro atoms. The van der Waals surface area contributed by atoms with E-state index in [2.05, 4.69) is 33.9 Å². The first kappa shape index (κ1) is 22.2. The molecular formula is C20H44OSi. The Balaban J connectivity index is 3.15. The molecule has 0 radical (unpaired) electrons. The molecule has 0 heterocycles. The Morgan fingerprint density at radius 3 is 1.36 bits per heavy atom. The van der Waals surface area contributed by atoms with Crippen molar-refractivity contribution in [3.05, 3.63) is 0 Å². The maximum atomic E-state index is 6.13. The Bertz CT molecular complexity index is 226. The molecule has 0 aromatic heterocycles. The van der Waals surface area contributed by atoms with Gasteiger partial charge in [-0.15, -0.1) is 0 Å². The molecule has 0 saturated heterocycles. The van der Waals surface area contributed by atoms with Crippen LogP contribution in [0.2, 0.25) is 18.6 Å². The average molecular weight is 329 g/mol. The van der Waals surface area contributed by atoms with Crippen molar-refractivity contribution < 1.29 is 4.43 Å². The minimum Gasteiger partial charge on any atom is -0.417 e. The third kappa shape index (κ3) is 13.8. The van der Waals surface area contributed by atoms with Gasteiger partial charge in [-0.3, -0.25) is 0 Å². The fourth-order valence-corrected chi connectivity index (χ4v) is 3.63. The minimum absolute atomic E-state index is 0.731. The minimum atomic E-state index is -1.38. The SMILES string of the molecule is CCCCCCCCCCCCCCCO[Si](C)(C)C(C)C. The van der Waals surface area contributed by atoms with Crippen LogP contribution in [0.5, 0.6) is 0 Å². The quantitative estimate of drug-likeness (QED) is 0.208. The predicted molar refractivity (Wildman–Crippen MR) is 104 cm³/mol. The largest absolute Gasteiger partial charge is 0.417 e. The summed E-state index contributed by atoms with van der Waals surface area (Å²) in [6.45, 7) is 12.6. The van der Waals surface area contributed by atoms with Crippen molar-refractivity contribution in [2.75, 3.05) is 6.61 Å². The Kier molecular flexibility index (Phi) is 14.9. The van der Waals surface area contributed by atoms with E-state index in [4.69, 9.17) is 4.43 Å². The van der Waals surface area contributed by atoms with Gasteiger partial charge >= 0.3 is 0 Å². The molecule has 0 aromatic carbocycles. The summed E-state index contributed by atoms with van der Waals surface area (Å²) in [4.78, 5) is 0. The zero-order valence-corrected chi connectivity index (χ0v) is 17.4. The van der Waals surface area contributed by atoms with Crippen LogP contribution >= 0.6 is 0 Å². The van der Waals surface area contributed by atoms with Crippen LogP contribution in [0.3, 0.4) is 0 Å². The van der Waals surface area contributed by atoms with Crippen LogP contribution in [0, 0.1) is 0 Å². The van der Waals surface area contributed by atoms with Gasteiger partial charge in [0.2, 0.25) is 0 Å². The summed E-state index contributed by atoms with van der Waals surface area (Å²) in [6.07, 6.45) is 18.5. The van der Waals surface area contributed by atoms with Gasteiger partial charge in [-0.1, -0.05) is 97.8 Å². The average Bonchev–Trinajstić information content (AvgIpc) is 2.47. The standard InChI is InChI=1S/C20H44OSi/c1-6-7-8-9-10-11-12-13-14-15-16-17-18-19-21-22(4,5)20(2)3/h20H,6-19H2,1-5H3. The molecular weight excluding hydrogens is 284 g/mol. The van der Waals surface area contributed by atoms with Crippen LogP contribution in [0.15, 0.2) is 0 Å². The first-order valence-electron chi connectivity index (χ1n) is 10.1. The summed E-state index contributed by atoms with van der Waals surface area (Å²) in [7, 11) is -1.38. The lowest BCUT2D eigenvalue weighted by Gasteiger charge is -2.26. The van der Waals surface area contributed by atoms with Gasteiger partial charge in [-0.25, -0.2) is 0 Å². The highest BCUT2D eigenvalue weighted by atomic mass is 28.4. The molecule has 0 aliphatic rings. The summed E-state index contributed by atoms with van der Waals surface area (Å²) in [6, 6.07) is 0. The van der Waals surface area contributed by atoms with E-state index < -0.39 is 8.32 Å². The van der Waals surface area contributed by atoms with Crippen molar-refractivity contribution >= 4 is 8.32 Å². The van der Waals surface area contributed by atoms with Crippen LogP contribution in [0.4, 0.5) is 0 Å². The van der Waals surface area contributed by atoms with Gasteiger partial charge in [0, 0.05) is 6.61 Å². The van der Waals surface area contributed by atoms with Crippen LogP contribution in [0.1, 0.15) is 104 Å². The second-order valence-electron chi connectivity index (χ2n) is 7.85. The Hall–Kier alpha value is 0.177. The molecule has 0 aliphatic heterocycles. The third-order valence-corrected chi connectivity index (χ3v) is 8.84. The Morgan fingerprint density at radius 1 is 0.636 bits per heavy atom. The molecule has 134 valence electrons. The van der Waals surface area contributed by atoms with Crippen LogP contribution in [0.25, 0.3) is 0 Å². The van der Waals surface area contributed by atoms with Gasteiger partial charge in [-0.2, -0.15) is 0 Å². The van der Waals surface area contributed by atoms with Gasteiger partial charge in [-0.05, 0) is 25.1 Å². The number of rotatable bonds is 16. The van der Waals surface area contributed by atoms with Crippen molar-refractivity contribution in [1.29, 1.82) is 0 Å². The van der Waals surface area contributed by atoms with E-state index in [1.807, 2.05) is 0 Å². The van der Waals surface area contributed by atoms with Crippen molar-refractivity contribution in [3.8, 4) is 0 Å². The van der Waals surface area contributed by atoms with Crippen molar-refractivity contribution in [1.82, 2.24) is 0 Å². The van der Waals surface area contributed by atoms with E-state index >= 15 is 0 Å². The third-order valence-electron chi connectivity index (χ3n) is 5.11. The van der Waals surface area contributed by atoms with E-state index in [-0.39, 0.29) is 0 Å². The van der Waals surface area contributed by atoms with Crippen LogP contribution < -0.4 is 0 Å². The molecule has 0 rings (SSSR count). The van der Waals surface area contributed by atoms with Gasteiger partial charge < -0.3 is 4.43 Å². The molecule has 0 N–H and O–H groups in total. The fourth-order valence-electron chi connectivity index (χ4n) is 2.62. The second kappa shape index (κ2) is 14.7. The molecule has 0 unspecified atom stereocenters. The molecule has 0 fully saturated rings. The summed E-state index contributed by atoms with van der Waals surface area (Å²) in [5.74, 6) is 0. The number of unbranched alkanes of at least 4 members (excludes halogenated alkanes) is 12. The highest BCUT2D eigenvalue weighted by Gasteiger charge is 2.26. The van der Waals surface area contributed by atoms with E-state index in [9.17, 15) is 0 Å². The van der Waals surface area contributed by atoms with E-state index in [1.54, 1.807) is 0 Å². The Morgan fingerprint density at radius 2 is 1.00 bits per heavy atom. The molecule has 0 atom stereocenters. The molecule has 0 saturated carbocycles. The lowest BCUT2D eigenvalue weighted by Crippen LogP contribution is -2.34. The smallest absolute Gasteiger partial charge is 0.189 e. The van der Waals surface area contributed by atoms with Crippen LogP contribution in [-0.2, 0) is 4.43 Å². The number of hydrogen-bond donors (Lipinski definition) is 0. The Labute approximate surface area is 142 Å². The summed E-state index contributed by atoms with van der Waals surface area (Å²) in [5.41, 5.74) is 0.731. The maximum Gasteiger partial charge on any atom is 0.189 e. The predicted octanol–water partition coefficient (Wildman–Crippen LogP) is 7.71. The van der Waals surface area contributed by atoms with Gasteiger partial charge in [0.25, 0.3) is 0 Å². The maximum absolute atomic E-state index is 6.13. The topological polar surface area (TPSA) is 9.23 Å². The molecule has 0 aliphatic carbocycles. The highest BCUT2D eigenvalue weighted by molar-refractivity contribution is 6.72. The summed E-state index contributed by atoms with van der Waals surface area (Å²) >= 11 is 0. The van der Waals surface area contributed by atoms with Crippen molar-refractivity contribution in [3.63, 3.8) is 0 Å². The molecule has 2 heteroatoms. The normalized spacial score (nSPS) is 12.3. The second-order valence-corrected chi connectivity index (χ2v) is 12.5.